The van der Waals surface area contributed by atoms with E-state index in [2.05, 4.69) is 0 Å². The van der Waals surface area contributed by atoms with E-state index in [4.69, 9.17) is 23.4 Å². The number of ether oxygens (including phenoxy) is 4. The molecule has 1 aromatic rings. The van der Waals surface area contributed by atoms with Crippen LogP contribution in [0.25, 0.3) is 0 Å². The molecular formula is C29H36O10. The van der Waals surface area contributed by atoms with Crippen molar-refractivity contribution in [3.05, 3.63) is 24.2 Å². The highest BCUT2D eigenvalue weighted by molar-refractivity contribution is 5.93. The Kier molecular flexibility index (Phi) is 5.39. The van der Waals surface area contributed by atoms with E-state index in [9.17, 15) is 24.3 Å². The number of methoxy groups -OCH3 is 1. The van der Waals surface area contributed by atoms with Gasteiger partial charge in [0.05, 0.1) is 38.1 Å². The molecule has 10 atom stereocenters. The van der Waals surface area contributed by atoms with Crippen molar-refractivity contribution in [3.63, 3.8) is 0 Å². The summed E-state index contributed by atoms with van der Waals surface area (Å²) in [5.41, 5.74) is -5.77. The SMILES string of the molecule is COC(=O)CC1C(C)(C)C2OC34C(OC(C)=O)C2C(=O)C1(C)C3CCC1(C)C(c2ccoc2)OC(=O)CC14O. The van der Waals surface area contributed by atoms with E-state index in [0.29, 0.717) is 18.4 Å². The number of ketones is 1. The predicted molar refractivity (Wildman–Crippen MR) is 132 cm³/mol. The van der Waals surface area contributed by atoms with Crippen LogP contribution in [0.5, 0.6) is 0 Å². The predicted octanol–water partition coefficient (Wildman–Crippen LogP) is 2.91. The van der Waals surface area contributed by atoms with E-state index >= 15 is 0 Å². The number of Topliss-reactive ketones (excluding diaryl/α,β-unsaturated/α-hetero) is 1. The molecule has 10 unspecified atom stereocenters. The molecule has 2 saturated heterocycles. The van der Waals surface area contributed by atoms with Crippen molar-refractivity contribution >= 4 is 23.7 Å². The molecule has 3 bridgehead atoms. The molecule has 3 aliphatic carbocycles. The van der Waals surface area contributed by atoms with E-state index < -0.39 is 87.8 Å². The second kappa shape index (κ2) is 7.94. The topological polar surface area (TPSA) is 139 Å². The number of carbonyl (C=O) groups excluding carboxylic acids is 4. The molecule has 2 aliphatic heterocycles. The molecular weight excluding hydrogens is 508 g/mol. The highest BCUT2D eigenvalue weighted by atomic mass is 16.6. The number of hydrogen-bond acceptors (Lipinski definition) is 10. The lowest BCUT2D eigenvalue weighted by Gasteiger charge is -2.69. The zero-order valence-electron chi connectivity index (χ0n) is 23.1. The lowest BCUT2D eigenvalue weighted by Crippen LogP contribution is -2.81. The Balaban J connectivity index is 1.61. The second-order valence-corrected chi connectivity index (χ2v) is 13.2. The average molecular weight is 545 g/mol. The Bertz CT molecular complexity index is 1250. The zero-order chi connectivity index (χ0) is 28.3. The number of furan rings is 1. The molecule has 10 heteroatoms. The van der Waals surface area contributed by atoms with Gasteiger partial charge in [-0.3, -0.25) is 19.2 Å². The molecule has 212 valence electrons. The number of cyclic esters (lactones) is 1. The van der Waals surface area contributed by atoms with Gasteiger partial charge >= 0.3 is 17.9 Å². The van der Waals surface area contributed by atoms with E-state index in [1.54, 1.807) is 6.07 Å². The Hall–Kier alpha value is -2.72. The number of rotatable bonds is 4. The van der Waals surface area contributed by atoms with Crippen LogP contribution in [-0.2, 0) is 38.1 Å². The Labute approximate surface area is 226 Å². The molecule has 1 aromatic heterocycles. The maximum Gasteiger partial charge on any atom is 0.309 e. The zero-order valence-corrected chi connectivity index (χ0v) is 23.1. The quantitative estimate of drug-likeness (QED) is 0.445. The first-order valence-corrected chi connectivity index (χ1v) is 13.6. The Morgan fingerprint density at radius 1 is 1.18 bits per heavy atom. The van der Waals surface area contributed by atoms with Gasteiger partial charge in [-0.25, -0.2) is 0 Å². The summed E-state index contributed by atoms with van der Waals surface area (Å²) in [6.07, 6.45) is 0.663. The molecule has 5 aliphatic rings. The smallest absolute Gasteiger partial charge is 0.309 e. The van der Waals surface area contributed by atoms with Crippen LogP contribution in [0.1, 0.15) is 72.0 Å². The molecule has 0 amide bonds. The first-order valence-electron chi connectivity index (χ1n) is 13.6. The van der Waals surface area contributed by atoms with Gasteiger partial charge in [0.25, 0.3) is 0 Å². The minimum absolute atomic E-state index is 0.00147. The molecule has 6 rings (SSSR count). The number of fused-ring (bicyclic) bond motifs is 3. The molecule has 0 aromatic carbocycles. The number of hydrogen-bond donors (Lipinski definition) is 1. The number of aliphatic hydroxyl groups is 1. The normalized spacial score (nSPS) is 47.2. The third kappa shape index (κ3) is 2.89. The summed E-state index contributed by atoms with van der Waals surface area (Å²) < 4.78 is 29.1. The summed E-state index contributed by atoms with van der Waals surface area (Å²) >= 11 is 0. The molecule has 0 radical (unpaired) electrons. The summed E-state index contributed by atoms with van der Waals surface area (Å²) in [6, 6.07) is 1.70. The van der Waals surface area contributed by atoms with Crippen LogP contribution in [0, 0.1) is 34.0 Å². The van der Waals surface area contributed by atoms with E-state index in [1.807, 2.05) is 27.7 Å². The van der Waals surface area contributed by atoms with Crippen LogP contribution >= 0.6 is 0 Å². The third-order valence-electron chi connectivity index (χ3n) is 11.3. The standard InChI is InChI=1S/C29H36O10/c1-14(30)37-24-20-21(33)27(5)16-7-9-26(4)22(15-8-10-36-13-15)38-19(32)12-28(26,34)29(16,24)39-23(20)25(2,3)17(27)11-18(31)35-6/h8,10,13,16-17,20,22-24,34H,7,9,11-12H2,1-6H3. The Morgan fingerprint density at radius 3 is 2.51 bits per heavy atom. The van der Waals surface area contributed by atoms with Gasteiger partial charge in [-0.15, -0.1) is 0 Å². The lowest BCUT2D eigenvalue weighted by atomic mass is 9.36. The monoisotopic (exact) mass is 544 g/mol. The van der Waals surface area contributed by atoms with Gasteiger partial charge in [-0.2, -0.15) is 0 Å². The molecule has 3 heterocycles. The van der Waals surface area contributed by atoms with E-state index in [-0.39, 0.29) is 12.2 Å². The van der Waals surface area contributed by atoms with Gasteiger partial charge in [0.1, 0.15) is 29.2 Å². The molecule has 1 N–H and O–H groups in total. The van der Waals surface area contributed by atoms with Crippen molar-refractivity contribution in [1.29, 1.82) is 0 Å². The minimum Gasteiger partial charge on any atom is -0.472 e. The molecule has 39 heavy (non-hydrogen) atoms. The van der Waals surface area contributed by atoms with Crippen LogP contribution in [0.3, 0.4) is 0 Å². The first-order chi connectivity index (χ1) is 18.2. The summed E-state index contributed by atoms with van der Waals surface area (Å²) in [5, 5.41) is 13.0. The third-order valence-corrected chi connectivity index (χ3v) is 11.3. The fraction of sp³-hybridized carbons (Fsp3) is 0.724. The molecule has 10 nitrogen and oxygen atoms in total. The average Bonchev–Trinajstić information content (AvgIpc) is 3.47. The number of carbonyl (C=O) groups is 4. The van der Waals surface area contributed by atoms with Crippen LogP contribution in [0.4, 0.5) is 0 Å². The largest absolute Gasteiger partial charge is 0.472 e. The molecule has 1 spiro atoms. The minimum atomic E-state index is -1.87. The van der Waals surface area contributed by atoms with Gasteiger partial charge in [0, 0.05) is 35.7 Å². The van der Waals surface area contributed by atoms with Crippen LogP contribution in [0.2, 0.25) is 0 Å². The fourth-order valence-electron chi connectivity index (χ4n) is 9.67. The molecule has 5 fully saturated rings. The maximum absolute atomic E-state index is 14.4. The molecule has 3 saturated carbocycles. The summed E-state index contributed by atoms with van der Waals surface area (Å²) in [5.74, 6) is -3.77. The van der Waals surface area contributed by atoms with Crippen LogP contribution in [0.15, 0.2) is 23.0 Å². The summed E-state index contributed by atoms with van der Waals surface area (Å²) in [4.78, 5) is 52.9. The van der Waals surface area contributed by atoms with Crippen molar-refractivity contribution < 1.29 is 47.6 Å². The van der Waals surface area contributed by atoms with Crippen molar-refractivity contribution in [2.24, 2.45) is 34.0 Å². The summed E-state index contributed by atoms with van der Waals surface area (Å²) in [7, 11) is 1.32. The van der Waals surface area contributed by atoms with E-state index in [1.165, 1.54) is 26.6 Å². The first kappa shape index (κ1) is 26.5. The Morgan fingerprint density at radius 2 is 1.90 bits per heavy atom. The van der Waals surface area contributed by atoms with Gasteiger partial charge in [0.2, 0.25) is 0 Å². The highest BCUT2D eigenvalue weighted by Gasteiger charge is 2.88. The van der Waals surface area contributed by atoms with Crippen molar-refractivity contribution in [2.45, 2.75) is 89.8 Å². The number of esters is 3. The van der Waals surface area contributed by atoms with Crippen LogP contribution < -0.4 is 0 Å². The van der Waals surface area contributed by atoms with Gasteiger partial charge in [-0.1, -0.05) is 27.7 Å². The van der Waals surface area contributed by atoms with Gasteiger partial charge in [-0.05, 0) is 30.2 Å². The van der Waals surface area contributed by atoms with E-state index in [0.717, 1.165) is 0 Å². The van der Waals surface area contributed by atoms with Gasteiger partial charge in [0.15, 0.2) is 0 Å². The highest BCUT2D eigenvalue weighted by Crippen LogP contribution is 2.77. The summed E-state index contributed by atoms with van der Waals surface area (Å²) in [6.45, 7) is 8.90. The van der Waals surface area contributed by atoms with Crippen molar-refractivity contribution in [3.8, 4) is 0 Å². The lowest BCUT2D eigenvalue weighted by molar-refractivity contribution is -0.334. The fourth-order valence-corrected chi connectivity index (χ4v) is 9.67. The van der Waals surface area contributed by atoms with Crippen LogP contribution in [-0.4, -0.2) is 59.3 Å². The van der Waals surface area contributed by atoms with Crippen molar-refractivity contribution in [2.75, 3.05) is 7.11 Å². The van der Waals surface area contributed by atoms with Gasteiger partial charge < -0.3 is 28.5 Å². The second-order valence-electron chi connectivity index (χ2n) is 13.2. The maximum atomic E-state index is 14.4. The van der Waals surface area contributed by atoms with Crippen molar-refractivity contribution in [1.82, 2.24) is 0 Å².